The van der Waals surface area contributed by atoms with Gasteiger partial charge in [-0.3, -0.25) is 9.58 Å². The third-order valence-corrected chi connectivity index (χ3v) is 4.98. The quantitative estimate of drug-likeness (QED) is 0.661. The van der Waals surface area contributed by atoms with Crippen LogP contribution in [0.2, 0.25) is 0 Å². The number of hydrogen-bond donors (Lipinski definition) is 0. The van der Waals surface area contributed by atoms with Gasteiger partial charge in [0, 0.05) is 64.3 Å². The van der Waals surface area contributed by atoms with Crippen molar-refractivity contribution < 1.29 is 9.13 Å². The number of morpholine rings is 1. The van der Waals surface area contributed by atoms with Gasteiger partial charge in [-0.25, -0.2) is 14.4 Å². The van der Waals surface area contributed by atoms with Gasteiger partial charge >= 0.3 is 0 Å². The number of rotatable bonds is 5. The largest absolute Gasteiger partial charge is 0.369 e. The number of aryl methyl sites for hydroxylation is 1. The predicted octanol–water partition coefficient (Wildman–Crippen LogP) is 2.66. The number of halogens is 1. The molecule has 2 aromatic heterocycles. The van der Waals surface area contributed by atoms with Crippen LogP contribution in [0.3, 0.4) is 0 Å². The highest BCUT2D eigenvalue weighted by Gasteiger charge is 2.27. The van der Waals surface area contributed by atoms with E-state index in [1.807, 2.05) is 43.1 Å². The van der Waals surface area contributed by atoms with Crippen molar-refractivity contribution in [3.05, 3.63) is 59.9 Å². The summed E-state index contributed by atoms with van der Waals surface area (Å²) in [6.45, 7) is 3.00. The summed E-state index contributed by atoms with van der Waals surface area (Å²) < 4.78 is 21.3. The fourth-order valence-corrected chi connectivity index (χ4v) is 3.52. The molecule has 0 bridgehead atoms. The van der Waals surface area contributed by atoms with Crippen LogP contribution in [-0.4, -0.2) is 58.4 Å². The van der Waals surface area contributed by atoms with Gasteiger partial charge in [-0.15, -0.1) is 0 Å². The zero-order valence-electron chi connectivity index (χ0n) is 16.9. The number of ether oxygens (including phenoxy) is 1. The van der Waals surface area contributed by atoms with Gasteiger partial charge in [0.1, 0.15) is 11.9 Å². The smallest absolute Gasteiger partial charge is 0.225 e. The highest BCUT2D eigenvalue weighted by molar-refractivity contribution is 5.66. The average molecular weight is 396 g/mol. The zero-order chi connectivity index (χ0) is 20.4. The van der Waals surface area contributed by atoms with Gasteiger partial charge in [0.15, 0.2) is 0 Å². The van der Waals surface area contributed by atoms with Crippen LogP contribution < -0.4 is 4.90 Å². The van der Waals surface area contributed by atoms with E-state index in [0.29, 0.717) is 19.1 Å². The molecule has 1 aliphatic heterocycles. The van der Waals surface area contributed by atoms with Crippen molar-refractivity contribution in [1.82, 2.24) is 24.6 Å². The van der Waals surface area contributed by atoms with Gasteiger partial charge in [-0.2, -0.15) is 5.10 Å². The number of hydrogen-bond acceptors (Lipinski definition) is 6. The Morgan fingerprint density at radius 2 is 2.00 bits per heavy atom. The first-order valence-corrected chi connectivity index (χ1v) is 9.61. The van der Waals surface area contributed by atoms with Crippen molar-refractivity contribution in [3.63, 3.8) is 0 Å². The molecule has 0 saturated carbocycles. The van der Waals surface area contributed by atoms with E-state index < -0.39 is 0 Å². The maximum Gasteiger partial charge on any atom is 0.225 e. The number of nitrogens with zero attached hydrogens (tertiary/aromatic N) is 6. The first-order chi connectivity index (χ1) is 14.0. The topological polar surface area (TPSA) is 59.3 Å². The maximum absolute atomic E-state index is 13.4. The molecule has 0 amide bonds. The molecule has 1 fully saturated rings. The van der Waals surface area contributed by atoms with Crippen LogP contribution >= 0.6 is 0 Å². The Kier molecular flexibility index (Phi) is 5.55. The molecule has 8 heteroatoms. The van der Waals surface area contributed by atoms with Crippen LogP contribution in [-0.2, 0) is 18.3 Å². The molecular formula is C21H25FN6O. The molecule has 4 rings (SSSR count). The van der Waals surface area contributed by atoms with Crippen LogP contribution in [0, 0.1) is 5.82 Å². The lowest BCUT2D eigenvalue weighted by molar-refractivity contribution is -0.0347. The average Bonchev–Trinajstić information content (AvgIpc) is 3.13. The van der Waals surface area contributed by atoms with Crippen LogP contribution in [0.15, 0.2) is 42.9 Å². The molecule has 0 N–H and O–H groups in total. The normalized spacial score (nSPS) is 17.4. The minimum Gasteiger partial charge on any atom is -0.369 e. The first kappa shape index (κ1) is 19.5. The van der Waals surface area contributed by atoms with E-state index in [4.69, 9.17) is 9.72 Å². The molecule has 0 spiro atoms. The third kappa shape index (κ3) is 4.44. The number of aromatic nitrogens is 4. The minimum absolute atomic E-state index is 0.192. The Hall–Kier alpha value is -2.84. The van der Waals surface area contributed by atoms with Crippen molar-refractivity contribution in [2.75, 3.05) is 38.7 Å². The molecule has 152 valence electrons. The van der Waals surface area contributed by atoms with Gasteiger partial charge in [0.25, 0.3) is 0 Å². The number of benzene rings is 1. The van der Waals surface area contributed by atoms with E-state index in [9.17, 15) is 4.39 Å². The van der Waals surface area contributed by atoms with Crippen LogP contribution in [0.4, 0.5) is 10.3 Å². The van der Waals surface area contributed by atoms with E-state index in [1.54, 1.807) is 18.3 Å². The molecule has 1 aromatic carbocycles. The van der Waals surface area contributed by atoms with Crippen molar-refractivity contribution in [3.8, 4) is 11.1 Å². The van der Waals surface area contributed by atoms with Gasteiger partial charge in [-0.05, 0) is 17.7 Å². The fourth-order valence-electron chi connectivity index (χ4n) is 3.52. The lowest BCUT2D eigenvalue weighted by Crippen LogP contribution is -2.38. The summed E-state index contributed by atoms with van der Waals surface area (Å²) in [7, 11) is 5.74. The Morgan fingerprint density at radius 1 is 1.21 bits per heavy atom. The molecule has 0 aliphatic carbocycles. The molecule has 1 saturated heterocycles. The highest BCUT2D eigenvalue weighted by atomic mass is 19.1. The lowest BCUT2D eigenvalue weighted by atomic mass is 10.0. The molecule has 0 unspecified atom stereocenters. The molecule has 3 aromatic rings. The number of anilines is 1. The minimum atomic E-state index is -0.266. The van der Waals surface area contributed by atoms with E-state index in [2.05, 4.69) is 15.0 Å². The monoisotopic (exact) mass is 396 g/mol. The van der Waals surface area contributed by atoms with E-state index in [-0.39, 0.29) is 11.9 Å². The second kappa shape index (κ2) is 8.26. The molecule has 1 aliphatic rings. The lowest BCUT2D eigenvalue weighted by Gasteiger charge is -2.33. The summed E-state index contributed by atoms with van der Waals surface area (Å²) in [4.78, 5) is 13.5. The molecule has 0 radical (unpaired) electrons. The van der Waals surface area contributed by atoms with Crippen molar-refractivity contribution in [2.24, 2.45) is 7.05 Å². The highest BCUT2D eigenvalue weighted by Crippen LogP contribution is 2.32. The van der Waals surface area contributed by atoms with E-state index in [0.717, 1.165) is 29.9 Å². The second-order valence-corrected chi connectivity index (χ2v) is 7.49. The standard InChI is InChI=1S/C21H25FN6O/c1-26(2)21-23-11-18(16-4-6-17(22)7-5-16)20(25-21)19-14-28(8-9-29-19)13-15-10-24-27(3)12-15/h4-7,10-12,19H,8-9,13-14H2,1-3H3/t19-/m0/s1. The Labute approximate surface area is 169 Å². The van der Waals surface area contributed by atoms with Gasteiger partial charge in [-0.1, -0.05) is 12.1 Å². The van der Waals surface area contributed by atoms with Gasteiger partial charge in [0.2, 0.25) is 5.95 Å². The van der Waals surface area contributed by atoms with Crippen molar-refractivity contribution in [2.45, 2.75) is 12.6 Å². The Balaban J connectivity index is 1.64. The van der Waals surface area contributed by atoms with Crippen LogP contribution in [0.5, 0.6) is 0 Å². The maximum atomic E-state index is 13.4. The van der Waals surface area contributed by atoms with Crippen LogP contribution in [0.1, 0.15) is 17.4 Å². The SMILES string of the molecule is CN(C)c1ncc(-c2ccc(F)cc2)c([C@@H]2CN(Cc3cnn(C)c3)CCO2)n1. The summed E-state index contributed by atoms with van der Waals surface area (Å²) >= 11 is 0. The summed E-state index contributed by atoms with van der Waals surface area (Å²) in [6, 6.07) is 6.41. The molecule has 1 atom stereocenters. The summed E-state index contributed by atoms with van der Waals surface area (Å²) in [5.41, 5.74) is 3.73. The first-order valence-electron chi connectivity index (χ1n) is 9.61. The van der Waals surface area contributed by atoms with Crippen molar-refractivity contribution >= 4 is 5.95 Å². The van der Waals surface area contributed by atoms with Gasteiger partial charge < -0.3 is 9.64 Å². The summed E-state index contributed by atoms with van der Waals surface area (Å²) in [5.74, 6) is 0.358. The van der Waals surface area contributed by atoms with E-state index >= 15 is 0 Å². The van der Waals surface area contributed by atoms with Gasteiger partial charge in [0.05, 0.1) is 18.5 Å². The molecular weight excluding hydrogens is 371 g/mol. The summed E-state index contributed by atoms with van der Waals surface area (Å²) in [6.07, 6.45) is 5.53. The Bertz CT molecular complexity index is 972. The molecule has 7 nitrogen and oxygen atoms in total. The fraction of sp³-hybridized carbons (Fsp3) is 0.381. The van der Waals surface area contributed by atoms with Crippen molar-refractivity contribution in [1.29, 1.82) is 0 Å². The Morgan fingerprint density at radius 3 is 2.69 bits per heavy atom. The second-order valence-electron chi connectivity index (χ2n) is 7.49. The molecule has 29 heavy (non-hydrogen) atoms. The van der Waals surface area contributed by atoms with E-state index in [1.165, 1.54) is 17.7 Å². The zero-order valence-corrected chi connectivity index (χ0v) is 16.9. The summed E-state index contributed by atoms with van der Waals surface area (Å²) in [5, 5.41) is 4.25. The predicted molar refractivity (Wildman–Crippen MR) is 109 cm³/mol. The third-order valence-electron chi connectivity index (χ3n) is 4.98. The van der Waals surface area contributed by atoms with Crippen LogP contribution in [0.25, 0.3) is 11.1 Å². The molecule has 3 heterocycles.